The van der Waals surface area contributed by atoms with Crippen LogP contribution in [-0.2, 0) is 22.6 Å². The highest BCUT2D eigenvalue weighted by Gasteiger charge is 2.22. The maximum Gasteiger partial charge on any atom is 0.322 e. The number of para-hydroxylation sites is 1. The molecule has 0 fully saturated rings. The lowest BCUT2D eigenvalue weighted by molar-refractivity contribution is -0.133. The van der Waals surface area contributed by atoms with E-state index in [1.807, 2.05) is 66.4 Å². The van der Waals surface area contributed by atoms with Crippen molar-refractivity contribution in [2.75, 3.05) is 32.1 Å². The third-order valence-corrected chi connectivity index (χ3v) is 6.47. The predicted molar refractivity (Wildman–Crippen MR) is 138 cm³/mol. The Balaban J connectivity index is 1.76. The van der Waals surface area contributed by atoms with E-state index in [-0.39, 0.29) is 18.5 Å². The summed E-state index contributed by atoms with van der Waals surface area (Å²) >= 11 is 1.69. The second kappa shape index (κ2) is 12.9. The quantitative estimate of drug-likeness (QED) is 0.371. The number of nitrogens with one attached hydrogen (secondary N) is 1. The molecule has 0 aliphatic heterocycles. The molecular weight excluding hydrogens is 446 g/mol. The topological polar surface area (TPSA) is 61.9 Å². The van der Waals surface area contributed by atoms with E-state index in [0.29, 0.717) is 32.7 Å². The standard InChI is InChI=1S/C27H33N3O3S/c1-21-10-7-8-13-25(21)28-27(32)29(16-9-17-33-3)20-26(31)30(18-23-11-5-4-6-12-23)19-24-15-14-22(2)34-24/h4-8,10-15H,9,16-20H2,1-3H3,(H,28,32). The van der Waals surface area contributed by atoms with Gasteiger partial charge in [-0.25, -0.2) is 4.79 Å². The van der Waals surface area contributed by atoms with E-state index in [9.17, 15) is 9.59 Å². The Labute approximate surface area is 206 Å². The molecule has 0 aliphatic carbocycles. The maximum atomic E-state index is 13.5. The van der Waals surface area contributed by atoms with Crippen molar-refractivity contribution < 1.29 is 14.3 Å². The van der Waals surface area contributed by atoms with Crippen molar-refractivity contribution in [2.45, 2.75) is 33.4 Å². The van der Waals surface area contributed by atoms with E-state index in [2.05, 4.69) is 24.4 Å². The third-order valence-electron chi connectivity index (χ3n) is 5.49. The molecule has 1 aromatic heterocycles. The molecule has 3 amide bonds. The van der Waals surface area contributed by atoms with E-state index < -0.39 is 0 Å². The molecular formula is C27H33N3O3S. The van der Waals surface area contributed by atoms with Crippen molar-refractivity contribution >= 4 is 29.0 Å². The minimum Gasteiger partial charge on any atom is -0.385 e. The average molecular weight is 480 g/mol. The Morgan fingerprint density at radius 1 is 0.912 bits per heavy atom. The molecule has 0 aliphatic rings. The number of anilines is 1. The van der Waals surface area contributed by atoms with E-state index >= 15 is 0 Å². The highest BCUT2D eigenvalue weighted by Crippen LogP contribution is 2.19. The Kier molecular flexibility index (Phi) is 9.67. The number of thiophene rings is 1. The summed E-state index contributed by atoms with van der Waals surface area (Å²) in [5, 5.41) is 2.96. The van der Waals surface area contributed by atoms with Gasteiger partial charge in [-0.15, -0.1) is 11.3 Å². The monoisotopic (exact) mass is 479 g/mol. The molecule has 3 aromatic rings. The van der Waals surface area contributed by atoms with Crippen molar-refractivity contribution in [1.82, 2.24) is 9.80 Å². The number of benzene rings is 2. The number of urea groups is 1. The lowest BCUT2D eigenvalue weighted by atomic mass is 10.2. The van der Waals surface area contributed by atoms with Crippen LogP contribution in [0.4, 0.5) is 10.5 Å². The molecule has 7 heteroatoms. The van der Waals surface area contributed by atoms with Gasteiger partial charge in [0.2, 0.25) is 5.91 Å². The molecule has 0 bridgehead atoms. The minimum absolute atomic E-state index is 0.00137. The van der Waals surface area contributed by atoms with E-state index in [1.165, 1.54) is 4.88 Å². The molecule has 0 radical (unpaired) electrons. The number of carbonyl (C=O) groups excluding carboxylic acids is 2. The molecule has 180 valence electrons. The summed E-state index contributed by atoms with van der Waals surface area (Å²) in [6.07, 6.45) is 0.647. The smallest absolute Gasteiger partial charge is 0.322 e. The van der Waals surface area contributed by atoms with Crippen LogP contribution in [0.5, 0.6) is 0 Å². The van der Waals surface area contributed by atoms with Crippen molar-refractivity contribution in [2.24, 2.45) is 0 Å². The van der Waals surface area contributed by atoms with E-state index in [4.69, 9.17) is 4.74 Å². The van der Waals surface area contributed by atoms with Crippen LogP contribution >= 0.6 is 11.3 Å². The molecule has 0 saturated heterocycles. The van der Waals surface area contributed by atoms with Crippen LogP contribution in [0.25, 0.3) is 0 Å². The van der Waals surface area contributed by atoms with Crippen LogP contribution < -0.4 is 5.32 Å². The second-order valence-corrected chi connectivity index (χ2v) is 9.63. The van der Waals surface area contributed by atoms with Crippen molar-refractivity contribution in [1.29, 1.82) is 0 Å². The summed E-state index contributed by atoms with van der Waals surface area (Å²) in [7, 11) is 1.63. The molecule has 1 heterocycles. The fraction of sp³-hybridized carbons (Fsp3) is 0.333. The van der Waals surface area contributed by atoms with Gasteiger partial charge in [0.25, 0.3) is 0 Å². The zero-order valence-electron chi connectivity index (χ0n) is 20.1. The molecule has 0 spiro atoms. The first-order valence-corrected chi connectivity index (χ1v) is 12.3. The molecule has 3 rings (SSSR count). The Morgan fingerprint density at radius 3 is 2.32 bits per heavy atom. The number of nitrogens with zero attached hydrogens (tertiary/aromatic N) is 2. The molecule has 0 unspecified atom stereocenters. The third kappa shape index (κ3) is 7.71. The summed E-state index contributed by atoms with van der Waals surface area (Å²) in [4.78, 5) is 32.4. The van der Waals surface area contributed by atoms with Crippen LogP contribution in [0, 0.1) is 13.8 Å². The van der Waals surface area contributed by atoms with E-state index in [1.54, 1.807) is 23.3 Å². The molecule has 2 aromatic carbocycles. The number of hydrogen-bond acceptors (Lipinski definition) is 4. The first-order valence-electron chi connectivity index (χ1n) is 11.4. The lowest BCUT2D eigenvalue weighted by Crippen LogP contribution is -2.44. The SMILES string of the molecule is COCCCN(CC(=O)N(Cc1ccccc1)Cc1ccc(C)s1)C(=O)Nc1ccccc1C. The zero-order valence-corrected chi connectivity index (χ0v) is 20.9. The van der Waals surface area contributed by atoms with Crippen LogP contribution in [0.1, 0.15) is 27.3 Å². The number of methoxy groups -OCH3 is 1. The number of carbonyl (C=O) groups is 2. The second-order valence-electron chi connectivity index (χ2n) is 8.26. The fourth-order valence-corrected chi connectivity index (χ4v) is 4.52. The normalized spacial score (nSPS) is 10.7. The average Bonchev–Trinajstić information content (AvgIpc) is 3.24. The zero-order chi connectivity index (χ0) is 24.3. The number of ether oxygens (including phenoxy) is 1. The highest BCUT2D eigenvalue weighted by atomic mass is 32.1. The van der Waals surface area contributed by atoms with Crippen molar-refractivity contribution in [3.05, 3.63) is 87.6 Å². The Hall–Kier alpha value is -3.16. The van der Waals surface area contributed by atoms with Gasteiger partial charge < -0.3 is 19.9 Å². The van der Waals surface area contributed by atoms with Gasteiger partial charge in [-0.1, -0.05) is 48.5 Å². The molecule has 0 atom stereocenters. The molecule has 34 heavy (non-hydrogen) atoms. The minimum atomic E-state index is -0.287. The van der Waals surface area contributed by atoms with Crippen molar-refractivity contribution in [3.63, 3.8) is 0 Å². The van der Waals surface area contributed by atoms with Gasteiger partial charge in [-0.2, -0.15) is 0 Å². The predicted octanol–water partition coefficient (Wildman–Crippen LogP) is 5.46. The largest absolute Gasteiger partial charge is 0.385 e. The number of aryl methyl sites for hydroxylation is 2. The summed E-state index contributed by atoms with van der Waals surface area (Å²) in [5.41, 5.74) is 2.77. The van der Waals surface area contributed by atoms with Crippen LogP contribution in [0.3, 0.4) is 0 Å². The first-order chi connectivity index (χ1) is 16.5. The van der Waals surface area contributed by atoms with Crippen LogP contribution in [0.15, 0.2) is 66.7 Å². The summed E-state index contributed by atoms with van der Waals surface area (Å²) < 4.78 is 5.17. The summed E-state index contributed by atoms with van der Waals surface area (Å²) in [5.74, 6) is -0.0905. The molecule has 6 nitrogen and oxygen atoms in total. The summed E-state index contributed by atoms with van der Waals surface area (Å²) in [6, 6.07) is 21.4. The summed E-state index contributed by atoms with van der Waals surface area (Å²) in [6.45, 7) is 5.95. The van der Waals surface area contributed by atoms with Crippen LogP contribution in [-0.4, -0.2) is 48.5 Å². The highest BCUT2D eigenvalue weighted by molar-refractivity contribution is 7.11. The van der Waals surface area contributed by atoms with Gasteiger partial charge in [0, 0.05) is 42.2 Å². The fourth-order valence-electron chi connectivity index (χ4n) is 3.62. The van der Waals surface area contributed by atoms with Gasteiger partial charge in [0.15, 0.2) is 0 Å². The maximum absolute atomic E-state index is 13.5. The molecule has 1 N–H and O–H groups in total. The lowest BCUT2D eigenvalue weighted by Gasteiger charge is -2.28. The Morgan fingerprint density at radius 2 is 1.65 bits per heavy atom. The van der Waals surface area contributed by atoms with Crippen molar-refractivity contribution in [3.8, 4) is 0 Å². The molecule has 0 saturated carbocycles. The van der Waals surface area contributed by atoms with Gasteiger partial charge in [-0.05, 0) is 49.6 Å². The first kappa shape index (κ1) is 25.5. The van der Waals surface area contributed by atoms with E-state index in [0.717, 1.165) is 21.7 Å². The Bertz CT molecular complexity index is 1070. The van der Waals surface area contributed by atoms with Gasteiger partial charge >= 0.3 is 6.03 Å². The van der Waals surface area contributed by atoms with Gasteiger partial charge in [-0.3, -0.25) is 4.79 Å². The number of rotatable bonds is 11. The number of amides is 3. The van der Waals surface area contributed by atoms with Gasteiger partial charge in [0.05, 0.1) is 6.54 Å². The van der Waals surface area contributed by atoms with Crippen LogP contribution in [0.2, 0.25) is 0 Å². The van der Waals surface area contributed by atoms with Gasteiger partial charge in [0.1, 0.15) is 6.54 Å². The number of hydrogen-bond donors (Lipinski definition) is 1.